The summed E-state index contributed by atoms with van der Waals surface area (Å²) in [5.41, 5.74) is 2.85. The van der Waals surface area contributed by atoms with Gasteiger partial charge in [-0.05, 0) is 68.0 Å². The van der Waals surface area contributed by atoms with Crippen molar-refractivity contribution in [3.05, 3.63) is 29.3 Å². The Morgan fingerprint density at radius 1 is 1.33 bits per heavy atom. The van der Waals surface area contributed by atoms with Crippen LogP contribution in [0, 0.1) is 5.92 Å². The van der Waals surface area contributed by atoms with Crippen LogP contribution in [0.15, 0.2) is 18.2 Å². The van der Waals surface area contributed by atoms with E-state index in [2.05, 4.69) is 17.0 Å². The highest BCUT2D eigenvalue weighted by molar-refractivity contribution is 5.67. The lowest BCUT2D eigenvalue weighted by molar-refractivity contribution is -0.138. The van der Waals surface area contributed by atoms with Gasteiger partial charge in [0, 0.05) is 12.5 Å². The second kappa shape index (κ2) is 6.06. The second-order valence-corrected chi connectivity index (χ2v) is 6.20. The zero-order valence-corrected chi connectivity index (χ0v) is 12.5. The molecule has 0 bridgehead atoms. The van der Waals surface area contributed by atoms with Crippen LogP contribution in [0.3, 0.4) is 0 Å². The predicted molar refractivity (Wildman–Crippen MR) is 80.6 cm³/mol. The van der Waals surface area contributed by atoms with Gasteiger partial charge >= 0.3 is 5.97 Å². The van der Waals surface area contributed by atoms with E-state index in [9.17, 15) is 4.79 Å². The Bertz CT molecular complexity index is 521. The van der Waals surface area contributed by atoms with E-state index in [-0.39, 0.29) is 0 Å². The predicted octanol–water partition coefficient (Wildman–Crippen LogP) is 2.87. The van der Waals surface area contributed by atoms with Crippen molar-refractivity contribution in [1.82, 2.24) is 4.90 Å². The summed E-state index contributed by atoms with van der Waals surface area (Å²) in [6.45, 7) is 2.03. The summed E-state index contributed by atoms with van der Waals surface area (Å²) in [5.74, 6) is 0.621. The normalized spacial score (nSPS) is 23.0. The number of rotatable bonds is 4. The minimum Gasteiger partial charge on any atom is -0.497 e. The van der Waals surface area contributed by atoms with E-state index in [1.165, 1.54) is 17.5 Å². The molecule has 1 aromatic carbocycles. The van der Waals surface area contributed by atoms with Crippen LogP contribution in [0.4, 0.5) is 0 Å². The van der Waals surface area contributed by atoms with Gasteiger partial charge in [0.05, 0.1) is 7.11 Å². The third-order valence-corrected chi connectivity index (χ3v) is 4.95. The molecule has 1 aromatic rings. The fourth-order valence-electron chi connectivity index (χ4n) is 3.78. The van der Waals surface area contributed by atoms with E-state index in [0.29, 0.717) is 18.4 Å². The lowest BCUT2D eigenvalue weighted by Crippen LogP contribution is -2.36. The van der Waals surface area contributed by atoms with Crippen LogP contribution >= 0.6 is 0 Å². The van der Waals surface area contributed by atoms with Crippen LogP contribution in [0.25, 0.3) is 0 Å². The van der Waals surface area contributed by atoms with Gasteiger partial charge in [-0.1, -0.05) is 6.07 Å². The number of carboxylic acids is 1. The number of aliphatic carboxylic acids is 1. The highest BCUT2D eigenvalue weighted by Crippen LogP contribution is 2.39. The third kappa shape index (κ3) is 3.05. The Hall–Kier alpha value is -1.55. The number of carboxylic acid groups (broad SMARTS) is 1. The third-order valence-electron chi connectivity index (χ3n) is 4.95. The number of carbonyl (C=O) groups is 1. The molecule has 1 unspecified atom stereocenters. The molecule has 1 N–H and O–H groups in total. The first kappa shape index (κ1) is 14.4. The lowest BCUT2D eigenvalue weighted by Gasteiger charge is -2.36. The van der Waals surface area contributed by atoms with Crippen LogP contribution in [0.1, 0.15) is 42.9 Å². The van der Waals surface area contributed by atoms with Gasteiger partial charge in [-0.3, -0.25) is 9.69 Å². The summed E-state index contributed by atoms with van der Waals surface area (Å²) >= 11 is 0. The van der Waals surface area contributed by atoms with Crippen molar-refractivity contribution in [2.45, 2.75) is 38.1 Å². The molecular formula is C17H23NO3. The molecule has 1 fully saturated rings. The number of nitrogens with zero attached hydrogens (tertiary/aromatic N) is 1. The van der Waals surface area contributed by atoms with Gasteiger partial charge < -0.3 is 9.84 Å². The monoisotopic (exact) mass is 289 g/mol. The lowest BCUT2D eigenvalue weighted by atomic mass is 9.92. The molecule has 1 aliphatic carbocycles. The summed E-state index contributed by atoms with van der Waals surface area (Å²) in [6.07, 6.45) is 4.64. The number of ether oxygens (including phenoxy) is 1. The minimum atomic E-state index is -0.663. The smallest absolute Gasteiger partial charge is 0.303 e. The molecule has 1 saturated heterocycles. The second-order valence-electron chi connectivity index (χ2n) is 6.20. The van der Waals surface area contributed by atoms with Gasteiger partial charge in [0.15, 0.2) is 0 Å². The van der Waals surface area contributed by atoms with Crippen LogP contribution < -0.4 is 4.74 Å². The van der Waals surface area contributed by atoms with E-state index < -0.39 is 5.97 Å². The van der Waals surface area contributed by atoms with Crippen molar-refractivity contribution in [3.63, 3.8) is 0 Å². The van der Waals surface area contributed by atoms with Crippen molar-refractivity contribution in [1.29, 1.82) is 0 Å². The number of fused-ring (bicyclic) bond motifs is 1. The summed E-state index contributed by atoms with van der Waals surface area (Å²) in [7, 11) is 1.71. The molecule has 0 amide bonds. The largest absolute Gasteiger partial charge is 0.497 e. The Balaban J connectivity index is 1.67. The van der Waals surface area contributed by atoms with E-state index in [0.717, 1.165) is 38.1 Å². The summed E-state index contributed by atoms with van der Waals surface area (Å²) in [6, 6.07) is 6.89. The molecule has 4 nitrogen and oxygen atoms in total. The van der Waals surface area contributed by atoms with Crippen LogP contribution in [0.5, 0.6) is 5.75 Å². The quantitative estimate of drug-likeness (QED) is 0.926. The van der Waals surface area contributed by atoms with Crippen LogP contribution in [-0.2, 0) is 11.2 Å². The topological polar surface area (TPSA) is 49.8 Å². The first-order valence-electron chi connectivity index (χ1n) is 7.80. The Morgan fingerprint density at radius 3 is 2.76 bits per heavy atom. The maximum atomic E-state index is 10.8. The molecule has 21 heavy (non-hydrogen) atoms. The van der Waals surface area contributed by atoms with Gasteiger partial charge in [-0.15, -0.1) is 0 Å². The number of hydrogen-bond acceptors (Lipinski definition) is 3. The number of methoxy groups -OCH3 is 1. The highest BCUT2D eigenvalue weighted by Gasteiger charge is 2.31. The molecule has 0 radical (unpaired) electrons. The van der Waals surface area contributed by atoms with Gasteiger partial charge in [-0.2, -0.15) is 0 Å². The molecular weight excluding hydrogens is 266 g/mol. The Kier molecular flexibility index (Phi) is 4.15. The number of likely N-dealkylation sites (tertiary alicyclic amines) is 1. The molecule has 1 atom stereocenters. The molecule has 0 aromatic heterocycles. The van der Waals surface area contributed by atoms with Crippen molar-refractivity contribution >= 4 is 5.97 Å². The summed E-state index contributed by atoms with van der Waals surface area (Å²) in [5, 5.41) is 8.90. The molecule has 2 aliphatic rings. The Morgan fingerprint density at radius 2 is 2.10 bits per heavy atom. The van der Waals surface area contributed by atoms with Crippen molar-refractivity contribution in [3.8, 4) is 5.75 Å². The highest BCUT2D eigenvalue weighted by atomic mass is 16.5. The Labute approximate surface area is 125 Å². The van der Waals surface area contributed by atoms with Crippen molar-refractivity contribution in [2.75, 3.05) is 20.2 Å². The van der Waals surface area contributed by atoms with Gasteiger partial charge in [0.2, 0.25) is 0 Å². The van der Waals surface area contributed by atoms with E-state index in [4.69, 9.17) is 9.84 Å². The SMILES string of the molecule is COc1ccc2c(c1)C(N1CCC(CC(=O)O)CC1)CC2. The average Bonchev–Trinajstić information content (AvgIpc) is 2.90. The number of benzene rings is 1. The molecule has 0 saturated carbocycles. The van der Waals surface area contributed by atoms with Crippen molar-refractivity contribution in [2.24, 2.45) is 5.92 Å². The summed E-state index contributed by atoms with van der Waals surface area (Å²) in [4.78, 5) is 13.3. The molecule has 114 valence electrons. The van der Waals surface area contributed by atoms with Gasteiger partial charge in [0.1, 0.15) is 5.75 Å². The van der Waals surface area contributed by atoms with Gasteiger partial charge in [0.25, 0.3) is 0 Å². The summed E-state index contributed by atoms with van der Waals surface area (Å²) < 4.78 is 5.35. The van der Waals surface area contributed by atoms with Gasteiger partial charge in [-0.25, -0.2) is 0 Å². The molecule has 4 heteroatoms. The first-order valence-corrected chi connectivity index (χ1v) is 7.80. The fourth-order valence-corrected chi connectivity index (χ4v) is 3.78. The van der Waals surface area contributed by atoms with E-state index >= 15 is 0 Å². The molecule has 0 spiro atoms. The van der Waals surface area contributed by atoms with E-state index in [1.807, 2.05) is 6.07 Å². The average molecular weight is 289 g/mol. The van der Waals surface area contributed by atoms with Crippen LogP contribution in [0.2, 0.25) is 0 Å². The van der Waals surface area contributed by atoms with Crippen molar-refractivity contribution < 1.29 is 14.6 Å². The molecule has 3 rings (SSSR count). The minimum absolute atomic E-state index is 0.322. The number of hydrogen-bond donors (Lipinski definition) is 1. The van der Waals surface area contributed by atoms with E-state index in [1.54, 1.807) is 7.11 Å². The van der Waals surface area contributed by atoms with Crippen LogP contribution in [-0.4, -0.2) is 36.2 Å². The first-order chi connectivity index (χ1) is 10.2. The standard InChI is InChI=1S/C17H23NO3/c1-21-14-4-2-13-3-5-16(15(13)11-14)18-8-6-12(7-9-18)10-17(19)20/h2,4,11-12,16H,3,5-10H2,1H3,(H,19,20). The maximum absolute atomic E-state index is 10.8. The zero-order chi connectivity index (χ0) is 14.8. The molecule has 1 heterocycles. The fraction of sp³-hybridized carbons (Fsp3) is 0.588. The zero-order valence-electron chi connectivity index (χ0n) is 12.5. The molecule has 1 aliphatic heterocycles. The number of aryl methyl sites for hydroxylation is 1. The maximum Gasteiger partial charge on any atom is 0.303 e. The number of piperidine rings is 1.